The van der Waals surface area contributed by atoms with E-state index in [9.17, 15) is 18.0 Å². The van der Waals surface area contributed by atoms with E-state index < -0.39 is 17.1 Å². The van der Waals surface area contributed by atoms with Gasteiger partial charge in [0.25, 0.3) is 0 Å². The van der Waals surface area contributed by atoms with E-state index in [0.717, 1.165) is 12.1 Å². The summed E-state index contributed by atoms with van der Waals surface area (Å²) in [5.74, 6) is 0. The summed E-state index contributed by atoms with van der Waals surface area (Å²) >= 11 is 5.56. The van der Waals surface area contributed by atoms with Crippen molar-refractivity contribution in [2.45, 2.75) is 18.0 Å². The van der Waals surface area contributed by atoms with Gasteiger partial charge >= 0.3 is 6.18 Å². The highest BCUT2D eigenvalue weighted by molar-refractivity contribution is 6.27. The number of carbonyl (C=O) groups is 1. The third kappa shape index (κ3) is 3.46. The lowest BCUT2D eigenvalue weighted by Crippen LogP contribution is -2.09. The lowest BCUT2D eigenvalue weighted by atomic mass is 10.0. The Bertz CT molecular complexity index is 465. The zero-order chi connectivity index (χ0) is 13.1. The van der Waals surface area contributed by atoms with Gasteiger partial charge in [-0.05, 0) is 24.1 Å². The molecule has 0 heterocycles. The Labute approximate surface area is 101 Å². The molecule has 0 aliphatic rings. The minimum atomic E-state index is -4.49. The van der Waals surface area contributed by atoms with Crippen molar-refractivity contribution in [1.82, 2.24) is 0 Å². The SMILES string of the molecule is N#Cc1cc(C(F)(F)F)ccc1CC(Cl)C=O. The number of halogens is 4. The predicted octanol–water partition coefficient (Wildman–Crippen LogP) is 2.93. The Morgan fingerprint density at radius 2 is 2.12 bits per heavy atom. The molecule has 0 saturated heterocycles. The Morgan fingerprint density at radius 3 is 2.59 bits per heavy atom. The van der Waals surface area contributed by atoms with E-state index in [-0.39, 0.29) is 12.0 Å². The van der Waals surface area contributed by atoms with Crippen LogP contribution >= 0.6 is 11.6 Å². The third-order valence-electron chi connectivity index (χ3n) is 2.12. The number of nitriles is 1. The first-order chi connectivity index (χ1) is 7.88. The van der Waals surface area contributed by atoms with Crippen LogP contribution in [0.2, 0.25) is 0 Å². The first kappa shape index (κ1) is 13.5. The van der Waals surface area contributed by atoms with E-state index >= 15 is 0 Å². The van der Waals surface area contributed by atoms with Crippen LogP contribution in [0.4, 0.5) is 13.2 Å². The number of nitrogens with zero attached hydrogens (tertiary/aromatic N) is 1. The van der Waals surface area contributed by atoms with Gasteiger partial charge < -0.3 is 4.79 Å². The van der Waals surface area contributed by atoms with Gasteiger partial charge in [0.05, 0.1) is 22.6 Å². The maximum atomic E-state index is 12.4. The second kappa shape index (κ2) is 5.19. The largest absolute Gasteiger partial charge is 0.416 e. The zero-order valence-electron chi connectivity index (χ0n) is 8.46. The van der Waals surface area contributed by atoms with E-state index in [1.54, 1.807) is 6.07 Å². The maximum absolute atomic E-state index is 12.4. The van der Waals surface area contributed by atoms with Crippen LogP contribution in [0, 0.1) is 11.3 Å². The number of alkyl halides is 4. The first-order valence-corrected chi connectivity index (χ1v) is 5.01. The van der Waals surface area contributed by atoms with Crippen molar-refractivity contribution >= 4 is 17.9 Å². The molecule has 0 fully saturated rings. The molecule has 0 bridgehead atoms. The summed E-state index contributed by atoms with van der Waals surface area (Å²) in [6, 6.07) is 4.45. The Kier molecular flexibility index (Phi) is 4.13. The molecule has 0 N–H and O–H groups in total. The van der Waals surface area contributed by atoms with E-state index in [0.29, 0.717) is 11.8 Å². The highest BCUT2D eigenvalue weighted by atomic mass is 35.5. The normalized spacial score (nSPS) is 12.9. The molecule has 6 heteroatoms. The molecule has 90 valence electrons. The monoisotopic (exact) mass is 261 g/mol. The highest BCUT2D eigenvalue weighted by Gasteiger charge is 2.31. The fraction of sp³-hybridized carbons (Fsp3) is 0.273. The van der Waals surface area contributed by atoms with Gasteiger partial charge in [0.2, 0.25) is 0 Å². The van der Waals surface area contributed by atoms with Crippen molar-refractivity contribution in [2.24, 2.45) is 0 Å². The molecule has 0 spiro atoms. The van der Waals surface area contributed by atoms with E-state index in [4.69, 9.17) is 16.9 Å². The fourth-order valence-electron chi connectivity index (χ4n) is 1.29. The minimum absolute atomic E-state index is 0.0338. The van der Waals surface area contributed by atoms with Gasteiger partial charge in [-0.3, -0.25) is 0 Å². The maximum Gasteiger partial charge on any atom is 0.416 e. The van der Waals surface area contributed by atoms with Gasteiger partial charge in [0, 0.05) is 0 Å². The highest BCUT2D eigenvalue weighted by Crippen LogP contribution is 2.30. The lowest BCUT2D eigenvalue weighted by Gasteiger charge is -2.10. The summed E-state index contributed by atoms with van der Waals surface area (Å²) in [6.45, 7) is 0. The number of aldehydes is 1. The third-order valence-corrected chi connectivity index (χ3v) is 2.38. The number of hydrogen-bond donors (Lipinski definition) is 0. The average Bonchev–Trinajstić information content (AvgIpc) is 2.27. The number of hydrogen-bond acceptors (Lipinski definition) is 2. The zero-order valence-corrected chi connectivity index (χ0v) is 9.22. The van der Waals surface area contributed by atoms with Crippen LogP contribution in [0.3, 0.4) is 0 Å². The van der Waals surface area contributed by atoms with Crippen LogP contribution in [0.25, 0.3) is 0 Å². The number of benzene rings is 1. The Balaban J connectivity index is 3.11. The molecule has 0 aliphatic heterocycles. The van der Waals surface area contributed by atoms with Crippen LogP contribution < -0.4 is 0 Å². The van der Waals surface area contributed by atoms with Crippen LogP contribution in [0.1, 0.15) is 16.7 Å². The molecular weight excluding hydrogens is 255 g/mol. The van der Waals surface area contributed by atoms with Gasteiger partial charge in [0.1, 0.15) is 6.29 Å². The molecule has 1 aromatic carbocycles. The van der Waals surface area contributed by atoms with Gasteiger partial charge in [-0.1, -0.05) is 6.07 Å². The van der Waals surface area contributed by atoms with E-state index in [2.05, 4.69) is 0 Å². The van der Waals surface area contributed by atoms with Crippen molar-refractivity contribution in [3.8, 4) is 6.07 Å². The molecule has 0 aliphatic carbocycles. The molecular formula is C11H7ClF3NO. The van der Waals surface area contributed by atoms with Crippen molar-refractivity contribution in [3.05, 3.63) is 34.9 Å². The standard InChI is InChI=1S/C11H7ClF3NO/c12-10(6-17)4-7-1-2-9(11(13,14)15)3-8(7)5-16/h1-3,6,10H,4H2. The quantitative estimate of drug-likeness (QED) is 0.620. The van der Waals surface area contributed by atoms with Crippen molar-refractivity contribution in [1.29, 1.82) is 5.26 Å². The van der Waals surface area contributed by atoms with Gasteiger partial charge in [-0.25, -0.2) is 0 Å². The summed E-state index contributed by atoms with van der Waals surface area (Å²) in [5, 5.41) is 7.90. The molecule has 0 saturated carbocycles. The smallest absolute Gasteiger partial charge is 0.302 e. The molecule has 1 rings (SSSR count). The molecule has 1 aromatic rings. The summed E-state index contributed by atoms with van der Waals surface area (Å²) in [7, 11) is 0. The molecule has 1 unspecified atom stereocenters. The average molecular weight is 262 g/mol. The summed E-state index contributed by atoms with van der Waals surface area (Å²) in [4.78, 5) is 10.3. The molecule has 17 heavy (non-hydrogen) atoms. The van der Waals surface area contributed by atoms with Gasteiger partial charge in [-0.2, -0.15) is 18.4 Å². The van der Waals surface area contributed by atoms with Gasteiger partial charge in [-0.15, -0.1) is 11.6 Å². The minimum Gasteiger partial charge on any atom is -0.302 e. The lowest BCUT2D eigenvalue weighted by molar-refractivity contribution is -0.137. The fourth-order valence-corrected chi connectivity index (χ4v) is 1.46. The number of rotatable bonds is 3. The summed E-state index contributed by atoms with van der Waals surface area (Å²) in [6.07, 6.45) is -3.98. The molecule has 0 amide bonds. The topological polar surface area (TPSA) is 40.9 Å². The first-order valence-electron chi connectivity index (χ1n) is 4.58. The second-order valence-corrected chi connectivity index (χ2v) is 3.90. The molecule has 0 aromatic heterocycles. The second-order valence-electron chi connectivity index (χ2n) is 3.34. The molecule has 1 atom stereocenters. The van der Waals surface area contributed by atoms with Crippen molar-refractivity contribution in [2.75, 3.05) is 0 Å². The van der Waals surface area contributed by atoms with Crippen molar-refractivity contribution < 1.29 is 18.0 Å². The predicted molar refractivity (Wildman–Crippen MR) is 55.6 cm³/mol. The van der Waals surface area contributed by atoms with Crippen LogP contribution in [0.15, 0.2) is 18.2 Å². The van der Waals surface area contributed by atoms with E-state index in [1.165, 1.54) is 6.07 Å². The Morgan fingerprint density at radius 1 is 1.47 bits per heavy atom. The number of carbonyl (C=O) groups excluding carboxylic acids is 1. The summed E-state index contributed by atoms with van der Waals surface area (Å²) < 4.78 is 37.1. The summed E-state index contributed by atoms with van der Waals surface area (Å²) in [5.41, 5.74) is -0.685. The molecule has 0 radical (unpaired) electrons. The van der Waals surface area contributed by atoms with Crippen LogP contribution in [-0.4, -0.2) is 11.7 Å². The van der Waals surface area contributed by atoms with E-state index in [1.807, 2.05) is 0 Å². The molecule has 2 nitrogen and oxygen atoms in total. The van der Waals surface area contributed by atoms with Gasteiger partial charge in [0.15, 0.2) is 0 Å². The Hall–Kier alpha value is -1.54. The van der Waals surface area contributed by atoms with Crippen LogP contribution in [0.5, 0.6) is 0 Å². The van der Waals surface area contributed by atoms with Crippen molar-refractivity contribution in [3.63, 3.8) is 0 Å². The van der Waals surface area contributed by atoms with Crippen LogP contribution in [-0.2, 0) is 17.4 Å².